The lowest BCUT2D eigenvalue weighted by Crippen LogP contribution is -2.17. The Morgan fingerprint density at radius 3 is 2.64 bits per heavy atom. The molecule has 3 rings (SSSR count). The highest BCUT2D eigenvalue weighted by molar-refractivity contribution is 7.99. The average Bonchev–Trinajstić information content (AvgIpc) is 2.69. The van der Waals surface area contributed by atoms with Gasteiger partial charge in [0, 0.05) is 16.9 Å². The summed E-state index contributed by atoms with van der Waals surface area (Å²) in [7, 11) is 0. The summed E-state index contributed by atoms with van der Waals surface area (Å²) in [5.41, 5.74) is 5.04. The van der Waals surface area contributed by atoms with Crippen molar-refractivity contribution in [2.45, 2.75) is 24.9 Å². The van der Waals surface area contributed by atoms with E-state index in [1.165, 1.54) is 29.1 Å². The molecule has 0 aliphatic heterocycles. The van der Waals surface area contributed by atoms with Gasteiger partial charge in [0.05, 0.1) is 11.2 Å². The summed E-state index contributed by atoms with van der Waals surface area (Å²) in [5.74, 6) is 0.491. The van der Waals surface area contributed by atoms with E-state index in [4.69, 9.17) is 11.6 Å². The standard InChI is InChI=1S/C22H21ClN2O2S/c1-14(2)28-13-17-8-7-16(18-5-3-4-6-19(17)18)12-24-25-22(27)15-9-10-21(26)20(23)11-15/h3-12,14,26H,13H2,1-2H3,(H,25,27)/b24-12+. The second kappa shape index (κ2) is 9.13. The van der Waals surface area contributed by atoms with E-state index < -0.39 is 5.91 Å². The smallest absolute Gasteiger partial charge is 0.271 e. The van der Waals surface area contributed by atoms with Crippen LogP contribution in [0.1, 0.15) is 35.3 Å². The predicted molar refractivity (Wildman–Crippen MR) is 119 cm³/mol. The molecule has 0 fully saturated rings. The second-order valence-corrected chi connectivity index (χ2v) is 8.56. The Kier molecular flexibility index (Phi) is 6.60. The summed E-state index contributed by atoms with van der Waals surface area (Å²) in [4.78, 5) is 12.2. The summed E-state index contributed by atoms with van der Waals surface area (Å²) in [6, 6.07) is 16.6. The second-order valence-electron chi connectivity index (χ2n) is 6.58. The van der Waals surface area contributed by atoms with Gasteiger partial charge in [-0.2, -0.15) is 16.9 Å². The normalized spacial score (nSPS) is 11.4. The van der Waals surface area contributed by atoms with Crippen LogP contribution in [-0.2, 0) is 5.75 Å². The highest BCUT2D eigenvalue weighted by atomic mass is 35.5. The zero-order valence-electron chi connectivity index (χ0n) is 15.6. The van der Waals surface area contributed by atoms with E-state index in [0.29, 0.717) is 10.8 Å². The number of aromatic hydroxyl groups is 1. The minimum absolute atomic E-state index is 0.0658. The molecule has 2 N–H and O–H groups in total. The monoisotopic (exact) mass is 412 g/mol. The van der Waals surface area contributed by atoms with Crippen LogP contribution in [-0.4, -0.2) is 22.5 Å². The van der Waals surface area contributed by atoms with E-state index in [9.17, 15) is 9.90 Å². The van der Waals surface area contributed by atoms with Crippen LogP contribution in [0.15, 0.2) is 59.7 Å². The van der Waals surface area contributed by atoms with E-state index in [1.54, 1.807) is 6.21 Å². The predicted octanol–water partition coefficient (Wildman–Crippen LogP) is 5.60. The van der Waals surface area contributed by atoms with Gasteiger partial charge in [0.2, 0.25) is 0 Å². The molecule has 3 aromatic carbocycles. The maximum absolute atomic E-state index is 12.2. The molecule has 0 unspecified atom stereocenters. The molecule has 0 bridgehead atoms. The third kappa shape index (κ3) is 4.86. The molecule has 4 nitrogen and oxygen atoms in total. The number of benzene rings is 3. The molecule has 0 aromatic heterocycles. The van der Waals surface area contributed by atoms with Gasteiger partial charge in [-0.25, -0.2) is 5.43 Å². The van der Waals surface area contributed by atoms with Crippen LogP contribution in [0, 0.1) is 0 Å². The van der Waals surface area contributed by atoms with Gasteiger partial charge in [0.15, 0.2) is 0 Å². The number of fused-ring (bicyclic) bond motifs is 1. The van der Waals surface area contributed by atoms with Gasteiger partial charge >= 0.3 is 0 Å². The fourth-order valence-electron chi connectivity index (χ4n) is 2.75. The Morgan fingerprint density at radius 1 is 1.18 bits per heavy atom. The summed E-state index contributed by atoms with van der Waals surface area (Å²) in [5, 5.41) is 16.5. The molecule has 3 aromatic rings. The zero-order valence-corrected chi connectivity index (χ0v) is 17.2. The number of carbonyl (C=O) groups is 1. The third-order valence-electron chi connectivity index (χ3n) is 4.20. The fraction of sp³-hybridized carbons (Fsp3) is 0.182. The Labute approximate surface area is 173 Å². The molecule has 0 radical (unpaired) electrons. The lowest BCUT2D eigenvalue weighted by atomic mass is 10.0. The maximum atomic E-state index is 12.2. The molecule has 0 aliphatic rings. The maximum Gasteiger partial charge on any atom is 0.271 e. The van der Waals surface area contributed by atoms with E-state index >= 15 is 0 Å². The van der Waals surface area contributed by atoms with Crippen LogP contribution < -0.4 is 5.43 Å². The minimum Gasteiger partial charge on any atom is -0.506 e. The number of nitrogens with zero attached hydrogens (tertiary/aromatic N) is 1. The van der Waals surface area contributed by atoms with Crippen molar-refractivity contribution in [3.05, 3.63) is 76.3 Å². The topological polar surface area (TPSA) is 61.7 Å². The number of phenolic OH excluding ortho intramolecular Hbond substituents is 1. The van der Waals surface area contributed by atoms with E-state index in [1.807, 2.05) is 30.0 Å². The van der Waals surface area contributed by atoms with Crippen molar-refractivity contribution < 1.29 is 9.90 Å². The highest BCUT2D eigenvalue weighted by Gasteiger charge is 2.08. The fourth-order valence-corrected chi connectivity index (χ4v) is 3.70. The molecule has 28 heavy (non-hydrogen) atoms. The molecule has 1 amide bonds. The number of thioether (sulfide) groups is 1. The lowest BCUT2D eigenvalue weighted by molar-refractivity contribution is 0.0955. The van der Waals surface area contributed by atoms with Gasteiger partial charge in [0.1, 0.15) is 5.75 Å². The summed E-state index contributed by atoms with van der Waals surface area (Å²) >= 11 is 7.75. The third-order valence-corrected chi connectivity index (χ3v) is 5.65. The van der Waals surface area contributed by atoms with Crippen molar-refractivity contribution in [1.82, 2.24) is 5.43 Å². The summed E-state index contributed by atoms with van der Waals surface area (Å²) < 4.78 is 0. The summed E-state index contributed by atoms with van der Waals surface area (Å²) in [6.07, 6.45) is 1.64. The highest BCUT2D eigenvalue weighted by Crippen LogP contribution is 2.27. The first kappa shape index (κ1) is 20.2. The van der Waals surface area contributed by atoms with Crippen LogP contribution in [0.4, 0.5) is 0 Å². The largest absolute Gasteiger partial charge is 0.506 e. The first-order chi connectivity index (χ1) is 13.5. The molecule has 0 aliphatic carbocycles. The van der Waals surface area contributed by atoms with E-state index in [0.717, 1.165) is 16.7 Å². The Hall–Kier alpha value is -2.50. The zero-order chi connectivity index (χ0) is 20.1. The van der Waals surface area contributed by atoms with Gasteiger partial charge in [-0.05, 0) is 39.8 Å². The Balaban J connectivity index is 1.79. The van der Waals surface area contributed by atoms with Gasteiger partial charge in [-0.1, -0.05) is 61.8 Å². The Morgan fingerprint density at radius 2 is 1.93 bits per heavy atom. The van der Waals surface area contributed by atoms with E-state index in [-0.39, 0.29) is 10.8 Å². The quantitative estimate of drug-likeness (QED) is 0.409. The van der Waals surface area contributed by atoms with Crippen molar-refractivity contribution >= 4 is 46.3 Å². The molecule has 0 spiro atoms. The van der Waals surface area contributed by atoms with Crippen molar-refractivity contribution in [2.75, 3.05) is 0 Å². The number of halogens is 1. The van der Waals surface area contributed by atoms with Crippen LogP contribution in [0.3, 0.4) is 0 Å². The number of hydrogen-bond acceptors (Lipinski definition) is 4. The molecule has 0 atom stereocenters. The lowest BCUT2D eigenvalue weighted by Gasteiger charge is -2.10. The molecule has 6 heteroatoms. The molecule has 0 saturated heterocycles. The average molecular weight is 413 g/mol. The first-order valence-corrected chi connectivity index (χ1v) is 10.3. The number of hydrogen-bond donors (Lipinski definition) is 2. The number of rotatable bonds is 6. The molecule has 0 heterocycles. The summed E-state index contributed by atoms with van der Waals surface area (Å²) in [6.45, 7) is 4.38. The van der Waals surface area contributed by atoms with Gasteiger partial charge in [-0.15, -0.1) is 0 Å². The van der Waals surface area contributed by atoms with Crippen LogP contribution in [0.2, 0.25) is 5.02 Å². The van der Waals surface area contributed by atoms with Gasteiger partial charge in [0.25, 0.3) is 5.91 Å². The van der Waals surface area contributed by atoms with Crippen molar-refractivity contribution in [3.8, 4) is 5.75 Å². The SMILES string of the molecule is CC(C)SCc1ccc(/C=N/NC(=O)c2ccc(O)c(Cl)c2)c2ccccc12. The Bertz CT molecular complexity index is 1030. The van der Waals surface area contributed by atoms with Gasteiger partial charge < -0.3 is 5.11 Å². The first-order valence-electron chi connectivity index (χ1n) is 8.90. The van der Waals surface area contributed by atoms with Crippen LogP contribution >= 0.6 is 23.4 Å². The van der Waals surface area contributed by atoms with Crippen molar-refractivity contribution in [3.63, 3.8) is 0 Å². The van der Waals surface area contributed by atoms with Crippen LogP contribution in [0.25, 0.3) is 10.8 Å². The molecular formula is C22H21ClN2O2S. The van der Waals surface area contributed by atoms with Gasteiger partial charge in [-0.3, -0.25) is 4.79 Å². The molecular weight excluding hydrogens is 392 g/mol. The van der Waals surface area contributed by atoms with Crippen molar-refractivity contribution in [1.29, 1.82) is 0 Å². The number of nitrogens with one attached hydrogen (secondary N) is 1. The van der Waals surface area contributed by atoms with Crippen LogP contribution in [0.5, 0.6) is 5.75 Å². The number of hydrazone groups is 1. The number of phenols is 1. The minimum atomic E-state index is -0.396. The molecule has 0 saturated carbocycles. The molecule has 144 valence electrons. The van der Waals surface area contributed by atoms with Crippen molar-refractivity contribution in [2.24, 2.45) is 5.10 Å². The van der Waals surface area contributed by atoms with E-state index in [2.05, 4.69) is 42.6 Å². The number of amides is 1. The number of carbonyl (C=O) groups excluding carboxylic acids is 1.